The number of benzene rings is 1. The number of carbonyl (C=O) groups excluding carboxylic acids is 10. The summed E-state index contributed by atoms with van der Waals surface area (Å²) in [6.45, 7) is 16.6. The Morgan fingerprint density at radius 2 is 0.977 bits per heavy atom. The molecule has 7 rings (SSSR count). The maximum absolute atomic E-state index is 14.0. The van der Waals surface area contributed by atoms with Crippen molar-refractivity contribution in [1.29, 1.82) is 0 Å². The zero-order valence-corrected chi connectivity index (χ0v) is 50.4. The fourth-order valence-electron chi connectivity index (χ4n) is 11.8. The molecule has 28 heteroatoms. The van der Waals surface area contributed by atoms with Crippen LogP contribution in [-0.2, 0) is 130 Å². The molecule has 5 aliphatic rings. The molecule has 0 aliphatic carbocycles. The lowest BCUT2D eigenvalue weighted by Gasteiger charge is -2.46. The molecular formula is C60H74N2O26. The van der Waals surface area contributed by atoms with Gasteiger partial charge in [0, 0.05) is 102 Å². The van der Waals surface area contributed by atoms with Gasteiger partial charge in [-0.3, -0.25) is 43.3 Å². The van der Waals surface area contributed by atoms with E-state index in [2.05, 4.69) is 23.0 Å². The monoisotopic (exact) mass is 1240 g/mol. The third kappa shape index (κ3) is 16.1. The van der Waals surface area contributed by atoms with E-state index < -0.39 is 177 Å². The predicted molar refractivity (Wildman–Crippen MR) is 296 cm³/mol. The van der Waals surface area contributed by atoms with Crippen LogP contribution in [0.25, 0.3) is 10.9 Å². The minimum atomic E-state index is -1.69. The van der Waals surface area contributed by atoms with E-state index >= 15 is 0 Å². The summed E-state index contributed by atoms with van der Waals surface area (Å²) in [6, 6.07) is 7.14. The molecule has 2 aromatic rings. The lowest BCUT2D eigenvalue weighted by Crippen LogP contribution is -2.63. The van der Waals surface area contributed by atoms with Crippen LogP contribution in [0.1, 0.15) is 85.5 Å². The number of H-pyrrole nitrogens is 1. The van der Waals surface area contributed by atoms with Crippen molar-refractivity contribution in [2.45, 2.75) is 155 Å². The number of para-hydroxylation sites is 1. The zero-order chi connectivity index (χ0) is 64.3. The van der Waals surface area contributed by atoms with E-state index in [9.17, 15) is 47.9 Å². The highest BCUT2D eigenvalue weighted by molar-refractivity contribution is 5.90. The molecule has 0 saturated carbocycles. The van der Waals surface area contributed by atoms with Crippen LogP contribution in [0, 0.1) is 23.7 Å². The average Bonchev–Trinajstić information content (AvgIpc) is 1.54. The van der Waals surface area contributed by atoms with E-state index in [4.69, 9.17) is 75.8 Å². The standard InChI is InChI=1S/C60H74N2O26/c1-13-36-38(42(55(71)73-11)24-77-57(36)87-59-53(83-34(9)69)51(81-32(7)67)49(79-30(5)65)46(85-59)26-75-28(3)63)19-21-62-22-20-40-39-17-15-16-18-44(39)61-48(40)45(62)23-41-37(14-2)58(78-25-43(41)56(72)74-12)88-60-54(84-35(10)70)52(82-33(8)68)50(80-31(6)66)47(86-60)27-76-29(4)64/h13-18,24-25,36-38,41,45-47,49-54,57-61H,1-2,19-23,26-27H2,3-12H3/t36-,37-,38+,41+,45+,46-,47-,49-,50-,51+,52+,53-,54-,57+,58+,59+,60+/m1/s1. The topological polar surface area (TPSA) is 337 Å². The van der Waals surface area contributed by atoms with Gasteiger partial charge >= 0.3 is 59.7 Å². The number of aromatic nitrogens is 1. The Balaban J connectivity index is 1.25. The van der Waals surface area contributed by atoms with Crippen LogP contribution in [0.2, 0.25) is 0 Å². The average molecular weight is 1240 g/mol. The molecule has 0 amide bonds. The van der Waals surface area contributed by atoms with Crippen molar-refractivity contribution < 1.29 is 124 Å². The number of nitrogens with one attached hydrogen (secondary N) is 1. The molecule has 2 saturated heterocycles. The van der Waals surface area contributed by atoms with Crippen molar-refractivity contribution in [2.75, 3.05) is 40.5 Å². The second-order valence-corrected chi connectivity index (χ2v) is 21.3. The molecule has 480 valence electrons. The number of carbonyl (C=O) groups is 10. The number of nitrogens with zero attached hydrogens (tertiary/aromatic N) is 1. The lowest BCUT2D eigenvalue weighted by atomic mass is 9.77. The fraction of sp³-hybridized carbons (Fsp3) is 0.567. The van der Waals surface area contributed by atoms with Gasteiger partial charge in [0.1, 0.15) is 25.4 Å². The first-order valence-corrected chi connectivity index (χ1v) is 28.3. The third-order valence-electron chi connectivity index (χ3n) is 15.3. The summed E-state index contributed by atoms with van der Waals surface area (Å²) >= 11 is 0. The second kappa shape index (κ2) is 30.2. The SMILES string of the molecule is C=C[C@H]1[C@H](O[C@@H]2O[C@H](COC(C)=O)[C@@H](OC(C)=O)[C@H](OC(C)=O)[C@H]2OC(C)=O)OC=C(C(=O)OC)[C@H]1CCN1CCc2c([nH]c3ccccc23)[C@@H]1C[C@@H]1C(C(=O)OC)=CO[C@@H](O[C@@H]2O[C@H](COC(C)=O)[C@@H](OC(C)=O)[C@H](OC(C)=O)[C@H]2OC(C)=O)[C@@H]1C=C. The van der Waals surface area contributed by atoms with Crippen molar-refractivity contribution in [3.05, 3.63) is 84.5 Å². The van der Waals surface area contributed by atoms with Crippen molar-refractivity contribution in [3.63, 3.8) is 0 Å². The molecular weight excluding hydrogens is 1160 g/mol. The Kier molecular flexibility index (Phi) is 23.1. The Morgan fingerprint density at radius 3 is 1.41 bits per heavy atom. The Labute approximate surface area is 506 Å². The first-order valence-electron chi connectivity index (χ1n) is 28.3. The molecule has 0 spiro atoms. The molecule has 0 unspecified atom stereocenters. The molecule has 6 heterocycles. The number of fused-ring (bicyclic) bond motifs is 3. The van der Waals surface area contributed by atoms with Crippen molar-refractivity contribution in [1.82, 2.24) is 9.88 Å². The van der Waals surface area contributed by atoms with Gasteiger partial charge in [-0.2, -0.15) is 0 Å². The van der Waals surface area contributed by atoms with Gasteiger partial charge in [0.05, 0.1) is 43.9 Å². The first-order chi connectivity index (χ1) is 41.9. The number of methoxy groups -OCH3 is 2. The van der Waals surface area contributed by atoms with Crippen LogP contribution in [0.5, 0.6) is 0 Å². The van der Waals surface area contributed by atoms with Gasteiger partial charge in [-0.25, -0.2) is 9.59 Å². The molecule has 1 aromatic heterocycles. The number of esters is 10. The van der Waals surface area contributed by atoms with Gasteiger partial charge < -0.3 is 80.8 Å². The minimum absolute atomic E-state index is 0.0752. The molecule has 1 aromatic carbocycles. The molecule has 28 nitrogen and oxygen atoms in total. The van der Waals surface area contributed by atoms with E-state index in [0.29, 0.717) is 13.0 Å². The van der Waals surface area contributed by atoms with Gasteiger partial charge in [-0.05, 0) is 37.4 Å². The molecule has 1 N–H and O–H groups in total. The molecule has 2 fully saturated rings. The second-order valence-electron chi connectivity index (χ2n) is 21.3. The zero-order valence-electron chi connectivity index (χ0n) is 50.4. The van der Waals surface area contributed by atoms with Crippen molar-refractivity contribution >= 4 is 70.6 Å². The summed E-state index contributed by atoms with van der Waals surface area (Å²) in [5.41, 5.74) is 2.78. The van der Waals surface area contributed by atoms with E-state index in [1.54, 1.807) is 0 Å². The van der Waals surface area contributed by atoms with Crippen LogP contribution in [0.15, 0.2) is 73.2 Å². The molecule has 0 bridgehead atoms. The third-order valence-corrected chi connectivity index (χ3v) is 15.3. The van der Waals surface area contributed by atoms with Crippen LogP contribution < -0.4 is 0 Å². The summed E-state index contributed by atoms with van der Waals surface area (Å²) in [4.78, 5) is 134. The summed E-state index contributed by atoms with van der Waals surface area (Å²) in [5, 5.41) is 0.956. The highest BCUT2D eigenvalue weighted by Crippen LogP contribution is 2.46. The fourth-order valence-corrected chi connectivity index (χ4v) is 11.8. The maximum Gasteiger partial charge on any atom is 0.337 e. The molecule has 0 radical (unpaired) electrons. The van der Waals surface area contributed by atoms with Crippen LogP contribution in [-0.4, -0.2) is 184 Å². The number of hydrogen-bond donors (Lipinski definition) is 1. The van der Waals surface area contributed by atoms with Crippen molar-refractivity contribution in [3.8, 4) is 0 Å². The van der Waals surface area contributed by atoms with E-state index in [1.807, 2.05) is 24.3 Å². The Hall–Kier alpha value is -8.18. The number of rotatable bonds is 23. The van der Waals surface area contributed by atoms with Gasteiger partial charge in [-0.1, -0.05) is 30.4 Å². The largest absolute Gasteiger partial charge is 0.471 e. The Bertz CT molecular complexity index is 3020. The van der Waals surface area contributed by atoms with Gasteiger partial charge in [-0.15, -0.1) is 13.2 Å². The predicted octanol–water partition coefficient (Wildman–Crippen LogP) is 3.71. The quantitative estimate of drug-likeness (QED) is 0.0941. The van der Waals surface area contributed by atoms with Crippen molar-refractivity contribution in [2.24, 2.45) is 23.7 Å². The summed E-state index contributed by atoms with van der Waals surface area (Å²) in [6.07, 6.45) is -12.1. The van der Waals surface area contributed by atoms with Gasteiger partial charge in [0.25, 0.3) is 0 Å². The molecule has 17 atom stereocenters. The maximum atomic E-state index is 14.0. The number of ether oxygens (including phenoxy) is 16. The molecule has 88 heavy (non-hydrogen) atoms. The Morgan fingerprint density at radius 1 is 0.557 bits per heavy atom. The lowest BCUT2D eigenvalue weighted by molar-refractivity contribution is -0.342. The number of aromatic amines is 1. The van der Waals surface area contributed by atoms with Crippen LogP contribution in [0.4, 0.5) is 0 Å². The smallest absolute Gasteiger partial charge is 0.337 e. The molecule has 5 aliphatic heterocycles. The van der Waals surface area contributed by atoms with Crippen LogP contribution >= 0.6 is 0 Å². The van der Waals surface area contributed by atoms with E-state index in [1.165, 1.54) is 38.9 Å². The summed E-state index contributed by atoms with van der Waals surface area (Å²) in [7, 11) is 2.40. The van der Waals surface area contributed by atoms with Gasteiger partial charge in [0.2, 0.25) is 25.2 Å². The minimum Gasteiger partial charge on any atom is -0.471 e. The summed E-state index contributed by atoms with van der Waals surface area (Å²) in [5.74, 6) is -11.7. The van der Waals surface area contributed by atoms with Crippen LogP contribution in [0.3, 0.4) is 0 Å². The van der Waals surface area contributed by atoms with E-state index in [0.717, 1.165) is 77.6 Å². The highest BCUT2D eigenvalue weighted by atomic mass is 16.8. The van der Waals surface area contributed by atoms with E-state index in [-0.39, 0.29) is 30.5 Å². The highest BCUT2D eigenvalue weighted by Gasteiger charge is 2.57. The van der Waals surface area contributed by atoms with Gasteiger partial charge in [0.15, 0.2) is 36.6 Å². The first kappa shape index (κ1) is 67.3. The normalized spacial score (nSPS) is 30.1. The number of hydrogen-bond acceptors (Lipinski definition) is 27. The summed E-state index contributed by atoms with van der Waals surface area (Å²) < 4.78 is 92.7.